The van der Waals surface area contributed by atoms with Crippen LogP contribution in [0.2, 0.25) is 0 Å². The number of unbranched alkanes of at least 4 members (excludes halogenated alkanes) is 4. The minimum absolute atomic E-state index is 0.223. The number of benzene rings is 2. The quantitative estimate of drug-likeness (QED) is 0.365. The summed E-state index contributed by atoms with van der Waals surface area (Å²) in [5.41, 5.74) is 2.88. The number of hydrogen-bond acceptors (Lipinski definition) is 2. The minimum atomic E-state index is -0.223. The summed E-state index contributed by atoms with van der Waals surface area (Å²) in [5.74, 6) is 0.577. The fraction of sp³-hybridized carbons (Fsp3) is 0.435. The molecule has 0 unspecified atom stereocenters. The SMILES string of the molecule is CC(C)CCCCCCCOC(=O)c1ccc(-c2ccccc2)cc1. The molecule has 0 aliphatic rings. The summed E-state index contributed by atoms with van der Waals surface area (Å²) in [7, 11) is 0. The van der Waals surface area contributed by atoms with Gasteiger partial charge < -0.3 is 4.74 Å². The van der Waals surface area contributed by atoms with E-state index in [4.69, 9.17) is 4.74 Å². The molecular weight excluding hydrogens is 308 g/mol. The summed E-state index contributed by atoms with van der Waals surface area (Å²) in [6, 6.07) is 17.8. The second kappa shape index (κ2) is 10.7. The smallest absolute Gasteiger partial charge is 0.338 e. The zero-order valence-corrected chi connectivity index (χ0v) is 15.5. The maximum absolute atomic E-state index is 12.1. The fourth-order valence-electron chi connectivity index (χ4n) is 2.86. The Labute approximate surface area is 152 Å². The summed E-state index contributed by atoms with van der Waals surface area (Å²) in [5, 5.41) is 0. The Kier molecular flexibility index (Phi) is 8.24. The van der Waals surface area contributed by atoms with Gasteiger partial charge in [0.05, 0.1) is 12.2 Å². The molecule has 0 saturated carbocycles. The molecule has 0 amide bonds. The Hall–Kier alpha value is -2.09. The lowest BCUT2D eigenvalue weighted by atomic mass is 10.0. The van der Waals surface area contributed by atoms with Crippen LogP contribution in [0.4, 0.5) is 0 Å². The molecule has 0 atom stereocenters. The zero-order valence-electron chi connectivity index (χ0n) is 15.5. The molecular formula is C23H30O2. The summed E-state index contributed by atoms with van der Waals surface area (Å²) < 4.78 is 5.38. The highest BCUT2D eigenvalue weighted by molar-refractivity contribution is 5.90. The highest BCUT2D eigenvalue weighted by Gasteiger charge is 2.07. The Morgan fingerprint density at radius 3 is 2.08 bits per heavy atom. The molecule has 0 aliphatic carbocycles. The molecule has 2 nitrogen and oxygen atoms in total. The van der Waals surface area contributed by atoms with Gasteiger partial charge in [-0.2, -0.15) is 0 Å². The van der Waals surface area contributed by atoms with Crippen LogP contribution in [0, 0.1) is 5.92 Å². The van der Waals surface area contributed by atoms with Crippen molar-refractivity contribution >= 4 is 5.97 Å². The first-order chi connectivity index (χ1) is 12.2. The maximum atomic E-state index is 12.1. The molecule has 25 heavy (non-hydrogen) atoms. The van der Waals surface area contributed by atoms with Gasteiger partial charge in [0.2, 0.25) is 0 Å². The fourth-order valence-corrected chi connectivity index (χ4v) is 2.86. The van der Waals surface area contributed by atoms with Crippen LogP contribution in [0.25, 0.3) is 11.1 Å². The van der Waals surface area contributed by atoms with Crippen LogP contribution in [0.1, 0.15) is 62.7 Å². The van der Waals surface area contributed by atoms with Gasteiger partial charge in [0, 0.05) is 0 Å². The second-order valence-corrected chi connectivity index (χ2v) is 7.03. The van der Waals surface area contributed by atoms with Gasteiger partial charge in [-0.05, 0) is 35.6 Å². The van der Waals surface area contributed by atoms with Crippen molar-refractivity contribution in [2.45, 2.75) is 52.4 Å². The molecule has 0 bridgehead atoms. The van der Waals surface area contributed by atoms with E-state index in [0.717, 1.165) is 29.9 Å². The van der Waals surface area contributed by atoms with E-state index in [9.17, 15) is 4.79 Å². The molecule has 0 fully saturated rings. The molecule has 0 heterocycles. The second-order valence-electron chi connectivity index (χ2n) is 7.03. The van der Waals surface area contributed by atoms with Crippen molar-refractivity contribution in [2.24, 2.45) is 5.92 Å². The Bertz CT molecular complexity index is 614. The molecule has 2 heteroatoms. The van der Waals surface area contributed by atoms with Crippen LogP contribution < -0.4 is 0 Å². The molecule has 0 aliphatic heterocycles. The molecule has 2 aromatic carbocycles. The first-order valence-electron chi connectivity index (χ1n) is 9.49. The van der Waals surface area contributed by atoms with Gasteiger partial charge in [0.1, 0.15) is 0 Å². The summed E-state index contributed by atoms with van der Waals surface area (Å²) >= 11 is 0. The average molecular weight is 338 g/mol. The number of hydrogen-bond donors (Lipinski definition) is 0. The molecule has 0 spiro atoms. The van der Waals surface area contributed by atoms with Crippen molar-refractivity contribution in [3.05, 3.63) is 60.2 Å². The number of carbonyl (C=O) groups is 1. The van der Waals surface area contributed by atoms with E-state index >= 15 is 0 Å². The van der Waals surface area contributed by atoms with E-state index in [2.05, 4.69) is 26.0 Å². The first-order valence-corrected chi connectivity index (χ1v) is 9.49. The Balaban J connectivity index is 1.66. The predicted molar refractivity (Wildman–Crippen MR) is 105 cm³/mol. The van der Waals surface area contributed by atoms with Crippen molar-refractivity contribution < 1.29 is 9.53 Å². The van der Waals surface area contributed by atoms with E-state index in [1.54, 1.807) is 0 Å². The lowest BCUT2D eigenvalue weighted by molar-refractivity contribution is 0.0497. The van der Waals surface area contributed by atoms with Gasteiger partial charge in [0.15, 0.2) is 0 Å². The monoisotopic (exact) mass is 338 g/mol. The number of ether oxygens (including phenoxy) is 1. The van der Waals surface area contributed by atoms with E-state index in [-0.39, 0.29) is 5.97 Å². The van der Waals surface area contributed by atoms with Crippen LogP contribution in [-0.4, -0.2) is 12.6 Å². The number of esters is 1. The number of rotatable bonds is 10. The third kappa shape index (κ3) is 7.13. The average Bonchev–Trinajstić information content (AvgIpc) is 2.64. The Morgan fingerprint density at radius 2 is 1.40 bits per heavy atom. The standard InChI is InChI=1S/C23H30O2/c1-19(2)11-7-4-3-5-10-18-25-23(24)22-16-14-21(15-17-22)20-12-8-6-9-13-20/h6,8-9,12-17,19H,3-5,7,10-11,18H2,1-2H3. The van der Waals surface area contributed by atoms with Crippen LogP contribution >= 0.6 is 0 Å². The highest BCUT2D eigenvalue weighted by atomic mass is 16.5. The minimum Gasteiger partial charge on any atom is -0.462 e. The van der Waals surface area contributed by atoms with Gasteiger partial charge >= 0.3 is 5.97 Å². The number of carbonyl (C=O) groups excluding carboxylic acids is 1. The molecule has 0 saturated heterocycles. The third-order valence-corrected chi connectivity index (χ3v) is 4.39. The van der Waals surface area contributed by atoms with Crippen molar-refractivity contribution in [1.82, 2.24) is 0 Å². The largest absolute Gasteiger partial charge is 0.462 e. The highest BCUT2D eigenvalue weighted by Crippen LogP contribution is 2.19. The lowest BCUT2D eigenvalue weighted by Gasteiger charge is -2.07. The normalized spacial score (nSPS) is 10.8. The molecule has 2 aromatic rings. The van der Waals surface area contributed by atoms with Gasteiger partial charge in [-0.1, -0.05) is 88.4 Å². The van der Waals surface area contributed by atoms with Crippen molar-refractivity contribution in [1.29, 1.82) is 0 Å². The van der Waals surface area contributed by atoms with Crippen LogP contribution in [0.15, 0.2) is 54.6 Å². The van der Waals surface area contributed by atoms with Crippen LogP contribution in [0.5, 0.6) is 0 Å². The van der Waals surface area contributed by atoms with Gasteiger partial charge in [-0.3, -0.25) is 0 Å². The van der Waals surface area contributed by atoms with Gasteiger partial charge in [-0.25, -0.2) is 4.79 Å². The van der Waals surface area contributed by atoms with Crippen molar-refractivity contribution in [3.63, 3.8) is 0 Å². The lowest BCUT2D eigenvalue weighted by Crippen LogP contribution is -2.06. The summed E-state index contributed by atoms with van der Waals surface area (Å²) in [6.45, 7) is 5.06. The van der Waals surface area contributed by atoms with E-state index in [0.29, 0.717) is 12.2 Å². The maximum Gasteiger partial charge on any atom is 0.338 e. The predicted octanol–water partition coefficient (Wildman–Crippen LogP) is 6.51. The van der Waals surface area contributed by atoms with E-state index < -0.39 is 0 Å². The van der Waals surface area contributed by atoms with Crippen LogP contribution in [0.3, 0.4) is 0 Å². The van der Waals surface area contributed by atoms with Gasteiger partial charge in [-0.15, -0.1) is 0 Å². The zero-order chi connectivity index (χ0) is 17.9. The molecule has 134 valence electrons. The Morgan fingerprint density at radius 1 is 0.800 bits per heavy atom. The topological polar surface area (TPSA) is 26.3 Å². The van der Waals surface area contributed by atoms with Crippen molar-refractivity contribution in [3.8, 4) is 11.1 Å². The van der Waals surface area contributed by atoms with Gasteiger partial charge in [0.25, 0.3) is 0 Å². The molecule has 2 rings (SSSR count). The summed E-state index contributed by atoms with van der Waals surface area (Å²) in [4.78, 5) is 12.1. The van der Waals surface area contributed by atoms with Crippen molar-refractivity contribution in [2.75, 3.05) is 6.61 Å². The molecule has 0 N–H and O–H groups in total. The molecule has 0 radical (unpaired) electrons. The van der Waals surface area contributed by atoms with E-state index in [1.807, 2.05) is 42.5 Å². The first kappa shape index (κ1) is 19.2. The molecule has 0 aromatic heterocycles. The van der Waals surface area contributed by atoms with Crippen LogP contribution in [-0.2, 0) is 4.74 Å². The third-order valence-electron chi connectivity index (χ3n) is 4.39. The summed E-state index contributed by atoms with van der Waals surface area (Å²) in [6.07, 6.45) is 7.23. The van der Waals surface area contributed by atoms with E-state index in [1.165, 1.54) is 25.7 Å².